The molecule has 0 spiro atoms. The zero-order valence-corrected chi connectivity index (χ0v) is 13.9. The second kappa shape index (κ2) is 8.29. The van der Waals surface area contributed by atoms with Crippen LogP contribution in [0.2, 0.25) is 0 Å². The molecule has 0 saturated heterocycles. The Morgan fingerprint density at radius 1 is 1.04 bits per heavy atom. The minimum absolute atomic E-state index is 0.00426. The Bertz CT molecular complexity index is 651. The molecule has 0 amide bonds. The van der Waals surface area contributed by atoms with Gasteiger partial charge in [-0.3, -0.25) is 4.79 Å². The van der Waals surface area contributed by atoms with Crippen LogP contribution < -0.4 is 0 Å². The van der Waals surface area contributed by atoms with E-state index in [9.17, 15) is 14.4 Å². The summed E-state index contributed by atoms with van der Waals surface area (Å²) in [5, 5.41) is 0. The highest BCUT2D eigenvalue weighted by molar-refractivity contribution is 6.22. The molecule has 1 aliphatic heterocycles. The molecule has 2 rings (SSSR count). The Morgan fingerprint density at radius 2 is 1.67 bits per heavy atom. The number of esters is 2. The molecular formula is C18H21NO5. The first kappa shape index (κ1) is 17.7. The first-order valence-electron chi connectivity index (χ1n) is 7.99. The van der Waals surface area contributed by atoms with E-state index in [2.05, 4.69) is 0 Å². The molecule has 128 valence electrons. The fraction of sp³-hybridized carbons (Fsp3) is 0.389. The third-order valence-electron chi connectivity index (χ3n) is 3.61. The molecule has 0 atom stereocenters. The predicted molar refractivity (Wildman–Crippen MR) is 86.8 cm³/mol. The summed E-state index contributed by atoms with van der Waals surface area (Å²) in [6, 6.07) is 9.52. The Morgan fingerprint density at radius 3 is 2.29 bits per heavy atom. The molecule has 1 aliphatic rings. The van der Waals surface area contributed by atoms with E-state index < -0.39 is 11.9 Å². The second-order valence-corrected chi connectivity index (χ2v) is 5.24. The van der Waals surface area contributed by atoms with Gasteiger partial charge in [0.15, 0.2) is 5.78 Å². The lowest BCUT2D eigenvalue weighted by molar-refractivity contribution is -0.145. The topological polar surface area (TPSA) is 72.9 Å². The van der Waals surface area contributed by atoms with Crippen LogP contribution in [0.1, 0.15) is 25.8 Å². The van der Waals surface area contributed by atoms with E-state index in [1.807, 2.05) is 30.3 Å². The minimum Gasteiger partial charge on any atom is -0.462 e. The molecule has 1 aromatic rings. The fourth-order valence-corrected chi connectivity index (χ4v) is 2.57. The minimum atomic E-state index is -0.775. The van der Waals surface area contributed by atoms with E-state index in [1.54, 1.807) is 18.7 Å². The average Bonchev–Trinajstić information content (AvgIpc) is 2.57. The summed E-state index contributed by atoms with van der Waals surface area (Å²) in [5.41, 5.74) is 0.754. The van der Waals surface area contributed by atoms with Gasteiger partial charge in [-0.1, -0.05) is 30.3 Å². The maximum atomic E-state index is 12.4. The smallest absolute Gasteiger partial charge is 0.355 e. The van der Waals surface area contributed by atoms with E-state index in [1.165, 1.54) is 0 Å². The molecule has 0 radical (unpaired) electrons. The van der Waals surface area contributed by atoms with Crippen molar-refractivity contribution in [3.63, 3.8) is 0 Å². The van der Waals surface area contributed by atoms with Crippen LogP contribution in [0.3, 0.4) is 0 Å². The Balaban J connectivity index is 2.42. The fourth-order valence-electron chi connectivity index (χ4n) is 2.57. The van der Waals surface area contributed by atoms with Gasteiger partial charge in [0.1, 0.15) is 11.3 Å². The van der Waals surface area contributed by atoms with Gasteiger partial charge in [-0.15, -0.1) is 0 Å². The van der Waals surface area contributed by atoms with E-state index in [4.69, 9.17) is 9.47 Å². The molecule has 6 nitrogen and oxygen atoms in total. The van der Waals surface area contributed by atoms with Gasteiger partial charge in [-0.25, -0.2) is 9.59 Å². The summed E-state index contributed by atoms with van der Waals surface area (Å²) in [7, 11) is 0. The van der Waals surface area contributed by atoms with Crippen LogP contribution >= 0.6 is 0 Å². The van der Waals surface area contributed by atoms with Gasteiger partial charge in [0.2, 0.25) is 0 Å². The van der Waals surface area contributed by atoms with Gasteiger partial charge in [0.25, 0.3) is 0 Å². The van der Waals surface area contributed by atoms with Crippen molar-refractivity contribution in [1.82, 2.24) is 4.90 Å². The highest BCUT2D eigenvalue weighted by Gasteiger charge is 2.36. The SMILES string of the molecule is CCOC(=O)C1=C(C(=O)OCC)N(Cc2ccccc2)CCC1=O. The Labute approximate surface area is 141 Å². The number of rotatable bonds is 6. The van der Waals surface area contributed by atoms with Gasteiger partial charge in [0.05, 0.1) is 13.2 Å². The molecule has 0 saturated carbocycles. The van der Waals surface area contributed by atoms with Crippen molar-refractivity contribution < 1.29 is 23.9 Å². The third-order valence-corrected chi connectivity index (χ3v) is 3.61. The first-order chi connectivity index (χ1) is 11.6. The van der Waals surface area contributed by atoms with E-state index in [-0.39, 0.29) is 36.7 Å². The number of carbonyl (C=O) groups is 3. The molecule has 0 aromatic heterocycles. The van der Waals surface area contributed by atoms with Crippen molar-refractivity contribution >= 4 is 17.7 Å². The van der Waals surface area contributed by atoms with E-state index in [0.717, 1.165) is 5.56 Å². The molecule has 1 aromatic carbocycles. The maximum absolute atomic E-state index is 12.4. The van der Waals surface area contributed by atoms with E-state index >= 15 is 0 Å². The zero-order valence-electron chi connectivity index (χ0n) is 13.9. The molecule has 0 N–H and O–H groups in total. The lowest BCUT2D eigenvalue weighted by atomic mass is 9.99. The highest BCUT2D eigenvalue weighted by Crippen LogP contribution is 2.24. The van der Waals surface area contributed by atoms with Gasteiger partial charge in [-0.05, 0) is 19.4 Å². The van der Waals surface area contributed by atoms with Gasteiger partial charge < -0.3 is 14.4 Å². The largest absolute Gasteiger partial charge is 0.462 e. The first-order valence-corrected chi connectivity index (χ1v) is 7.99. The second-order valence-electron chi connectivity index (χ2n) is 5.24. The number of Topliss-reactive ketones (excluding diaryl/α,β-unsaturated/α-hetero) is 1. The van der Waals surface area contributed by atoms with Crippen molar-refractivity contribution in [2.45, 2.75) is 26.8 Å². The van der Waals surface area contributed by atoms with Crippen LogP contribution in [-0.4, -0.2) is 42.4 Å². The third kappa shape index (κ3) is 4.01. The zero-order chi connectivity index (χ0) is 17.5. The van der Waals surface area contributed by atoms with Crippen molar-refractivity contribution in [3.05, 3.63) is 47.2 Å². The summed E-state index contributed by atoms with van der Waals surface area (Å²) >= 11 is 0. The lowest BCUT2D eigenvalue weighted by Crippen LogP contribution is -2.39. The molecule has 6 heteroatoms. The molecule has 0 unspecified atom stereocenters. The van der Waals surface area contributed by atoms with Crippen LogP contribution in [0.25, 0.3) is 0 Å². The molecule has 0 bridgehead atoms. The summed E-state index contributed by atoms with van der Waals surface area (Å²) < 4.78 is 10.0. The van der Waals surface area contributed by atoms with Crippen molar-refractivity contribution in [1.29, 1.82) is 0 Å². The summed E-state index contributed by atoms with van der Waals surface area (Å²) in [6.45, 7) is 4.37. The Hall–Kier alpha value is -2.63. The predicted octanol–water partition coefficient (Wildman–Crippen LogP) is 1.84. The maximum Gasteiger partial charge on any atom is 0.355 e. The van der Waals surface area contributed by atoms with E-state index in [0.29, 0.717) is 13.1 Å². The number of carbonyl (C=O) groups excluding carboxylic acids is 3. The highest BCUT2D eigenvalue weighted by atomic mass is 16.5. The number of nitrogens with zero attached hydrogens (tertiary/aromatic N) is 1. The van der Waals surface area contributed by atoms with Crippen LogP contribution in [0, 0.1) is 0 Å². The molecule has 0 fully saturated rings. The summed E-state index contributed by atoms with van der Waals surface area (Å²) in [4.78, 5) is 38.5. The quantitative estimate of drug-likeness (QED) is 0.585. The van der Waals surface area contributed by atoms with Crippen molar-refractivity contribution in [3.8, 4) is 0 Å². The summed E-state index contributed by atoms with van der Waals surface area (Å²) in [6.07, 6.45) is 0.157. The molecule has 24 heavy (non-hydrogen) atoms. The molecule has 0 aliphatic carbocycles. The number of hydrogen-bond donors (Lipinski definition) is 0. The van der Waals surface area contributed by atoms with Crippen molar-refractivity contribution in [2.75, 3.05) is 19.8 Å². The summed E-state index contributed by atoms with van der Waals surface area (Å²) in [5.74, 6) is -1.84. The number of ether oxygens (including phenoxy) is 2. The number of hydrogen-bond acceptors (Lipinski definition) is 6. The Kier molecular flexibility index (Phi) is 6.12. The standard InChI is InChI=1S/C18H21NO5/c1-3-23-17(21)15-14(20)10-11-19(16(15)18(22)24-4-2)12-13-8-6-5-7-9-13/h5-9H,3-4,10-12H2,1-2H3. The monoisotopic (exact) mass is 331 g/mol. The molecule has 1 heterocycles. The van der Waals surface area contributed by atoms with Crippen LogP contribution in [0.4, 0.5) is 0 Å². The van der Waals surface area contributed by atoms with Gasteiger partial charge >= 0.3 is 11.9 Å². The van der Waals surface area contributed by atoms with Crippen LogP contribution in [0.15, 0.2) is 41.6 Å². The normalized spacial score (nSPS) is 14.6. The lowest BCUT2D eigenvalue weighted by Gasteiger charge is -2.31. The van der Waals surface area contributed by atoms with Gasteiger partial charge in [0, 0.05) is 19.5 Å². The average molecular weight is 331 g/mol. The molecular weight excluding hydrogens is 310 g/mol. The van der Waals surface area contributed by atoms with Crippen molar-refractivity contribution in [2.24, 2.45) is 0 Å². The number of benzene rings is 1. The van der Waals surface area contributed by atoms with Crippen LogP contribution in [-0.2, 0) is 30.4 Å². The van der Waals surface area contributed by atoms with Crippen LogP contribution in [0.5, 0.6) is 0 Å². The van der Waals surface area contributed by atoms with Gasteiger partial charge in [-0.2, -0.15) is 0 Å². The number of ketones is 1.